The van der Waals surface area contributed by atoms with Crippen LogP contribution in [0.4, 0.5) is 0 Å². The second kappa shape index (κ2) is 6.84. The van der Waals surface area contributed by atoms with Crippen LogP contribution in [0.25, 0.3) is 0 Å². The third-order valence-corrected chi connectivity index (χ3v) is 3.40. The van der Waals surface area contributed by atoms with E-state index >= 15 is 0 Å². The topological polar surface area (TPSA) is 47.1 Å². The molecule has 0 atom stereocenters. The lowest BCUT2D eigenvalue weighted by molar-refractivity contribution is 0.315. The lowest BCUT2D eigenvalue weighted by Gasteiger charge is -2.15. The lowest BCUT2D eigenvalue weighted by Crippen LogP contribution is -2.17. The van der Waals surface area contributed by atoms with Crippen molar-refractivity contribution in [2.45, 2.75) is 19.6 Å². The molecule has 1 aromatic carbocycles. The van der Waals surface area contributed by atoms with Crippen molar-refractivity contribution >= 4 is 15.9 Å². The monoisotopic (exact) mass is 322 g/mol. The Labute approximate surface area is 122 Å². The minimum atomic E-state index is 0.643. The molecule has 19 heavy (non-hydrogen) atoms. The number of aromatic nitrogens is 2. The number of nitrogens with zero attached hydrogens (tertiary/aromatic N) is 3. The van der Waals surface area contributed by atoms with Gasteiger partial charge >= 0.3 is 0 Å². The highest BCUT2D eigenvalue weighted by Crippen LogP contribution is 2.12. The van der Waals surface area contributed by atoms with E-state index in [0.717, 1.165) is 29.8 Å². The van der Waals surface area contributed by atoms with E-state index in [1.54, 1.807) is 0 Å². The van der Waals surface area contributed by atoms with Crippen LogP contribution in [0.3, 0.4) is 0 Å². The summed E-state index contributed by atoms with van der Waals surface area (Å²) in [6.07, 6.45) is 3.90. The molecular weight excluding hydrogens is 304 g/mol. The van der Waals surface area contributed by atoms with Crippen LogP contribution in [0.2, 0.25) is 0 Å². The van der Waals surface area contributed by atoms with E-state index in [1.807, 2.05) is 10.9 Å². The third-order valence-electron chi connectivity index (χ3n) is 2.87. The molecule has 0 spiro atoms. The largest absolute Gasteiger partial charge is 0.336 e. The molecule has 4 nitrogen and oxygen atoms in total. The van der Waals surface area contributed by atoms with Crippen molar-refractivity contribution < 1.29 is 0 Å². The van der Waals surface area contributed by atoms with Crippen molar-refractivity contribution in [2.75, 3.05) is 13.6 Å². The maximum atomic E-state index is 5.52. The molecular formula is C14H19BrN4. The molecule has 0 radical (unpaired) electrons. The summed E-state index contributed by atoms with van der Waals surface area (Å²) < 4.78 is 3.14. The van der Waals surface area contributed by atoms with E-state index in [9.17, 15) is 0 Å². The van der Waals surface area contributed by atoms with Crippen molar-refractivity contribution in [3.8, 4) is 0 Å². The van der Waals surface area contributed by atoms with Gasteiger partial charge in [-0.15, -0.1) is 0 Å². The predicted octanol–water partition coefficient (Wildman–Crippen LogP) is 2.24. The molecule has 5 heteroatoms. The van der Waals surface area contributed by atoms with Gasteiger partial charge in [0.05, 0.1) is 12.0 Å². The third kappa shape index (κ3) is 4.45. The van der Waals surface area contributed by atoms with Crippen LogP contribution in [0, 0.1) is 0 Å². The molecule has 0 saturated carbocycles. The van der Waals surface area contributed by atoms with Gasteiger partial charge < -0.3 is 10.3 Å². The molecule has 0 bridgehead atoms. The van der Waals surface area contributed by atoms with Crippen LogP contribution < -0.4 is 5.73 Å². The molecule has 0 amide bonds. The second-order valence-electron chi connectivity index (χ2n) is 4.69. The molecule has 2 aromatic rings. The maximum Gasteiger partial charge on any atom is 0.0950 e. The van der Waals surface area contributed by atoms with Crippen LogP contribution in [-0.4, -0.2) is 28.0 Å². The van der Waals surface area contributed by atoms with Gasteiger partial charge in [-0.1, -0.05) is 28.1 Å². The number of rotatable bonds is 6. The van der Waals surface area contributed by atoms with Gasteiger partial charge in [0.15, 0.2) is 0 Å². The van der Waals surface area contributed by atoms with Crippen LogP contribution in [0.15, 0.2) is 41.3 Å². The Bertz CT molecular complexity index is 506. The Kier molecular flexibility index (Phi) is 5.13. The number of halogens is 1. The maximum absolute atomic E-state index is 5.52. The van der Waals surface area contributed by atoms with Crippen LogP contribution >= 0.6 is 15.9 Å². The Morgan fingerprint density at radius 2 is 2.00 bits per heavy atom. The summed E-state index contributed by atoms with van der Waals surface area (Å²) >= 11 is 3.45. The van der Waals surface area contributed by atoms with Gasteiger partial charge in [-0.3, -0.25) is 4.90 Å². The first-order valence-corrected chi connectivity index (χ1v) is 7.10. The fourth-order valence-corrected chi connectivity index (χ4v) is 2.26. The summed E-state index contributed by atoms with van der Waals surface area (Å²) in [6.45, 7) is 3.22. The van der Waals surface area contributed by atoms with E-state index in [1.165, 1.54) is 5.56 Å². The summed E-state index contributed by atoms with van der Waals surface area (Å²) in [5.41, 5.74) is 7.90. The van der Waals surface area contributed by atoms with Crippen LogP contribution in [0.1, 0.15) is 11.3 Å². The summed E-state index contributed by atoms with van der Waals surface area (Å²) in [7, 11) is 2.10. The Morgan fingerprint density at radius 3 is 2.68 bits per heavy atom. The molecule has 0 aliphatic carbocycles. The zero-order chi connectivity index (χ0) is 13.7. The summed E-state index contributed by atoms with van der Waals surface area (Å²) in [5.74, 6) is 0. The van der Waals surface area contributed by atoms with Gasteiger partial charge in [-0.25, -0.2) is 4.98 Å². The average molecular weight is 323 g/mol. The second-order valence-corrected chi connectivity index (χ2v) is 5.61. The molecule has 2 N–H and O–H groups in total. The van der Waals surface area contributed by atoms with E-state index in [2.05, 4.69) is 63.3 Å². The first kappa shape index (κ1) is 14.2. The van der Waals surface area contributed by atoms with Crippen molar-refractivity contribution in [3.05, 3.63) is 52.5 Å². The molecule has 1 heterocycles. The minimum Gasteiger partial charge on any atom is -0.336 e. The van der Waals surface area contributed by atoms with Crippen molar-refractivity contribution in [1.29, 1.82) is 0 Å². The minimum absolute atomic E-state index is 0.643. The van der Waals surface area contributed by atoms with Gasteiger partial charge in [0, 0.05) is 36.8 Å². The smallest absolute Gasteiger partial charge is 0.0950 e. The van der Waals surface area contributed by atoms with E-state index in [-0.39, 0.29) is 0 Å². The first-order valence-electron chi connectivity index (χ1n) is 6.31. The zero-order valence-electron chi connectivity index (χ0n) is 11.1. The normalized spacial score (nSPS) is 11.2. The van der Waals surface area contributed by atoms with Gasteiger partial charge in [0.25, 0.3) is 0 Å². The molecule has 0 fully saturated rings. The zero-order valence-corrected chi connectivity index (χ0v) is 12.7. The summed E-state index contributed by atoms with van der Waals surface area (Å²) in [5, 5.41) is 0. The predicted molar refractivity (Wildman–Crippen MR) is 80.6 cm³/mol. The van der Waals surface area contributed by atoms with E-state index in [0.29, 0.717) is 6.54 Å². The van der Waals surface area contributed by atoms with Gasteiger partial charge in [-0.2, -0.15) is 0 Å². The number of hydrogen-bond donors (Lipinski definition) is 1. The standard InChI is InChI=1S/C14H19BrN4/c1-18(8-12-2-4-13(15)5-3-12)9-14-10-19(7-6-16)11-17-14/h2-5,10-11H,6-9,16H2,1H3. The summed E-state index contributed by atoms with van der Waals surface area (Å²) in [4.78, 5) is 6.64. The highest BCUT2D eigenvalue weighted by atomic mass is 79.9. The van der Waals surface area contributed by atoms with Crippen molar-refractivity contribution in [2.24, 2.45) is 5.73 Å². The van der Waals surface area contributed by atoms with Crippen LogP contribution in [-0.2, 0) is 19.6 Å². The quantitative estimate of drug-likeness (QED) is 0.887. The first-order chi connectivity index (χ1) is 9.17. The Morgan fingerprint density at radius 1 is 1.26 bits per heavy atom. The van der Waals surface area contributed by atoms with Gasteiger partial charge in [0.2, 0.25) is 0 Å². The highest BCUT2D eigenvalue weighted by molar-refractivity contribution is 9.10. The Hall–Kier alpha value is -1.17. The molecule has 0 aliphatic heterocycles. The average Bonchev–Trinajstić information content (AvgIpc) is 2.80. The van der Waals surface area contributed by atoms with Crippen molar-refractivity contribution in [1.82, 2.24) is 14.5 Å². The number of benzene rings is 1. The molecule has 0 unspecified atom stereocenters. The molecule has 0 saturated heterocycles. The highest BCUT2D eigenvalue weighted by Gasteiger charge is 2.04. The van der Waals surface area contributed by atoms with Crippen LogP contribution in [0.5, 0.6) is 0 Å². The lowest BCUT2D eigenvalue weighted by atomic mass is 10.2. The van der Waals surface area contributed by atoms with Crippen molar-refractivity contribution in [3.63, 3.8) is 0 Å². The molecule has 1 aromatic heterocycles. The molecule has 2 rings (SSSR count). The van der Waals surface area contributed by atoms with Gasteiger partial charge in [-0.05, 0) is 24.7 Å². The number of nitrogens with two attached hydrogens (primary N) is 1. The number of hydrogen-bond acceptors (Lipinski definition) is 3. The SMILES string of the molecule is CN(Cc1ccc(Br)cc1)Cc1cn(CCN)cn1. The Balaban J connectivity index is 1.89. The fraction of sp³-hybridized carbons (Fsp3) is 0.357. The van der Waals surface area contributed by atoms with E-state index in [4.69, 9.17) is 5.73 Å². The number of imidazole rings is 1. The molecule has 0 aliphatic rings. The van der Waals surface area contributed by atoms with Gasteiger partial charge in [0.1, 0.15) is 0 Å². The fourth-order valence-electron chi connectivity index (χ4n) is 1.99. The van der Waals surface area contributed by atoms with E-state index < -0.39 is 0 Å². The molecule has 102 valence electrons. The summed E-state index contributed by atoms with van der Waals surface area (Å²) in [6, 6.07) is 8.40.